The van der Waals surface area contributed by atoms with Crippen LogP contribution in [-0.2, 0) is 23.1 Å². The van der Waals surface area contributed by atoms with Crippen molar-refractivity contribution in [2.24, 2.45) is 0 Å². The number of carbonyl (C=O) groups is 1. The maximum atomic E-state index is 12.9. The molecule has 0 fully saturated rings. The molecule has 1 heterocycles. The van der Waals surface area contributed by atoms with Gasteiger partial charge in [0.2, 0.25) is 10.0 Å². The minimum Gasteiger partial charge on any atom is -0.497 e. The zero-order chi connectivity index (χ0) is 21.9. The smallest absolute Gasteiger partial charge is 0.268 e. The van der Waals surface area contributed by atoms with Crippen molar-refractivity contribution in [3.05, 3.63) is 72.4 Å². The molecule has 0 aliphatic heterocycles. The number of fused-ring (bicyclic) bond motifs is 1. The fourth-order valence-electron chi connectivity index (χ4n) is 3.15. The van der Waals surface area contributed by atoms with Crippen LogP contribution in [0.15, 0.2) is 66.1 Å². The molecule has 1 N–H and O–H groups in total. The standard InChI is InChI=1S/C22H25N3O4S/c1-5-12-25-20-11-10-19(30(27,28)24(2)3)13-17(20)14-21(25)22(26)23-15-16-6-8-18(29-4)9-7-16/h5-11,13-14H,1,12,15H2,2-4H3,(H,23,26). The van der Waals surface area contributed by atoms with Crippen LogP contribution in [0.5, 0.6) is 5.75 Å². The summed E-state index contributed by atoms with van der Waals surface area (Å²) in [7, 11) is 1.01. The van der Waals surface area contributed by atoms with E-state index in [1.54, 1.807) is 37.5 Å². The highest BCUT2D eigenvalue weighted by atomic mass is 32.2. The summed E-state index contributed by atoms with van der Waals surface area (Å²) >= 11 is 0. The minimum atomic E-state index is -3.56. The first-order valence-electron chi connectivity index (χ1n) is 9.35. The fourth-order valence-corrected chi connectivity index (χ4v) is 4.09. The Morgan fingerprint density at radius 2 is 1.87 bits per heavy atom. The van der Waals surface area contributed by atoms with Crippen molar-refractivity contribution >= 4 is 26.8 Å². The van der Waals surface area contributed by atoms with E-state index in [0.29, 0.717) is 24.2 Å². The van der Waals surface area contributed by atoms with E-state index in [0.717, 1.165) is 21.1 Å². The van der Waals surface area contributed by atoms with Gasteiger partial charge in [-0.2, -0.15) is 0 Å². The first-order valence-corrected chi connectivity index (χ1v) is 10.8. The molecule has 0 saturated heterocycles. The van der Waals surface area contributed by atoms with Gasteiger partial charge in [-0.15, -0.1) is 6.58 Å². The molecule has 0 bridgehead atoms. The molecule has 0 aliphatic rings. The van der Waals surface area contributed by atoms with Crippen molar-refractivity contribution in [3.63, 3.8) is 0 Å². The van der Waals surface area contributed by atoms with E-state index in [9.17, 15) is 13.2 Å². The largest absolute Gasteiger partial charge is 0.497 e. The van der Waals surface area contributed by atoms with Crippen LogP contribution in [0.25, 0.3) is 10.9 Å². The molecule has 0 atom stereocenters. The second-order valence-electron chi connectivity index (χ2n) is 6.97. The molecule has 30 heavy (non-hydrogen) atoms. The molecule has 2 aromatic carbocycles. The summed E-state index contributed by atoms with van der Waals surface area (Å²) in [6, 6.07) is 14.0. The monoisotopic (exact) mass is 427 g/mol. The van der Waals surface area contributed by atoms with Gasteiger partial charge in [0.15, 0.2) is 0 Å². The Morgan fingerprint density at radius 1 is 1.17 bits per heavy atom. The molecule has 8 heteroatoms. The van der Waals surface area contributed by atoms with Gasteiger partial charge in [-0.05, 0) is 42.0 Å². The van der Waals surface area contributed by atoms with E-state index < -0.39 is 10.0 Å². The number of amides is 1. The maximum Gasteiger partial charge on any atom is 0.268 e. The zero-order valence-corrected chi connectivity index (χ0v) is 18.1. The highest BCUT2D eigenvalue weighted by Crippen LogP contribution is 2.25. The van der Waals surface area contributed by atoms with Crippen LogP contribution < -0.4 is 10.1 Å². The predicted molar refractivity (Wildman–Crippen MR) is 117 cm³/mol. The third kappa shape index (κ3) is 4.24. The first-order chi connectivity index (χ1) is 14.3. The number of hydrogen-bond donors (Lipinski definition) is 1. The summed E-state index contributed by atoms with van der Waals surface area (Å²) in [5.41, 5.74) is 2.15. The van der Waals surface area contributed by atoms with Crippen LogP contribution in [0.3, 0.4) is 0 Å². The lowest BCUT2D eigenvalue weighted by molar-refractivity contribution is 0.0942. The summed E-state index contributed by atoms with van der Waals surface area (Å²) < 4.78 is 33.0. The molecular formula is C22H25N3O4S. The van der Waals surface area contributed by atoms with Crippen LogP contribution in [0.2, 0.25) is 0 Å². The van der Waals surface area contributed by atoms with E-state index in [1.165, 1.54) is 14.1 Å². The topological polar surface area (TPSA) is 80.6 Å². The Morgan fingerprint density at radius 3 is 2.47 bits per heavy atom. The molecule has 0 radical (unpaired) electrons. The van der Waals surface area contributed by atoms with E-state index in [1.807, 2.05) is 28.8 Å². The third-order valence-corrected chi connectivity index (χ3v) is 6.62. The molecule has 0 unspecified atom stereocenters. The number of aromatic nitrogens is 1. The fraction of sp³-hybridized carbons (Fsp3) is 0.227. The van der Waals surface area contributed by atoms with Crippen LogP contribution in [0.4, 0.5) is 0 Å². The number of rotatable bonds is 8. The summed E-state index contributed by atoms with van der Waals surface area (Å²) in [5.74, 6) is 0.501. The van der Waals surface area contributed by atoms with Gasteiger partial charge in [-0.3, -0.25) is 4.79 Å². The lowest BCUT2D eigenvalue weighted by Crippen LogP contribution is -2.25. The van der Waals surface area contributed by atoms with E-state index in [-0.39, 0.29) is 10.8 Å². The summed E-state index contributed by atoms with van der Waals surface area (Å²) in [6.07, 6.45) is 1.70. The number of benzene rings is 2. The lowest BCUT2D eigenvalue weighted by Gasteiger charge is -2.12. The van der Waals surface area contributed by atoms with Gasteiger partial charge in [0.25, 0.3) is 5.91 Å². The van der Waals surface area contributed by atoms with Gasteiger partial charge in [-0.25, -0.2) is 12.7 Å². The second kappa shape index (κ2) is 8.73. The van der Waals surface area contributed by atoms with Gasteiger partial charge in [0.05, 0.1) is 12.0 Å². The van der Waals surface area contributed by atoms with Crippen molar-refractivity contribution in [2.45, 2.75) is 18.0 Å². The van der Waals surface area contributed by atoms with Crippen molar-refractivity contribution in [3.8, 4) is 5.75 Å². The molecule has 3 aromatic rings. The Labute approximate surface area is 176 Å². The zero-order valence-electron chi connectivity index (χ0n) is 17.3. The van der Waals surface area contributed by atoms with E-state index in [4.69, 9.17) is 4.74 Å². The van der Waals surface area contributed by atoms with Gasteiger partial charge in [0.1, 0.15) is 11.4 Å². The average Bonchev–Trinajstić information content (AvgIpc) is 3.10. The molecule has 0 saturated carbocycles. The number of nitrogens with one attached hydrogen (secondary N) is 1. The first kappa shape index (κ1) is 21.6. The average molecular weight is 428 g/mol. The van der Waals surface area contributed by atoms with Gasteiger partial charge in [0, 0.05) is 38.1 Å². The number of allylic oxidation sites excluding steroid dienone is 1. The number of sulfonamides is 1. The Kier molecular flexibility index (Phi) is 6.28. The van der Waals surface area contributed by atoms with Crippen LogP contribution in [0.1, 0.15) is 16.1 Å². The molecule has 0 spiro atoms. The lowest BCUT2D eigenvalue weighted by atomic mass is 10.2. The number of nitrogens with zero attached hydrogens (tertiary/aromatic N) is 2. The maximum absolute atomic E-state index is 12.9. The Bertz CT molecular complexity index is 1180. The quantitative estimate of drug-likeness (QED) is 0.561. The van der Waals surface area contributed by atoms with Gasteiger partial charge >= 0.3 is 0 Å². The predicted octanol–water partition coefficient (Wildman–Crippen LogP) is 3.02. The van der Waals surface area contributed by atoms with Crippen LogP contribution in [-0.4, -0.2) is 44.4 Å². The number of ether oxygens (including phenoxy) is 1. The molecular weight excluding hydrogens is 402 g/mol. The molecule has 3 rings (SSSR count). The summed E-state index contributed by atoms with van der Waals surface area (Å²) in [5, 5.41) is 3.59. The normalized spacial score (nSPS) is 11.6. The SMILES string of the molecule is C=CCn1c(C(=O)NCc2ccc(OC)cc2)cc2cc(S(=O)(=O)N(C)C)ccc21. The highest BCUT2D eigenvalue weighted by molar-refractivity contribution is 7.89. The Hall–Kier alpha value is -3.10. The Balaban J connectivity index is 1.92. The minimum absolute atomic E-state index is 0.181. The molecule has 0 aliphatic carbocycles. The van der Waals surface area contributed by atoms with Crippen LogP contribution in [0, 0.1) is 0 Å². The molecule has 7 nitrogen and oxygen atoms in total. The van der Waals surface area contributed by atoms with Crippen molar-refractivity contribution in [2.75, 3.05) is 21.2 Å². The third-order valence-electron chi connectivity index (χ3n) is 4.81. The number of carbonyl (C=O) groups excluding carboxylic acids is 1. The molecule has 1 amide bonds. The molecule has 1 aromatic heterocycles. The van der Waals surface area contributed by atoms with Crippen molar-refractivity contribution in [1.82, 2.24) is 14.2 Å². The summed E-state index contributed by atoms with van der Waals surface area (Å²) in [6.45, 7) is 4.55. The van der Waals surface area contributed by atoms with E-state index >= 15 is 0 Å². The van der Waals surface area contributed by atoms with Gasteiger partial charge in [-0.1, -0.05) is 18.2 Å². The highest BCUT2D eigenvalue weighted by Gasteiger charge is 2.20. The van der Waals surface area contributed by atoms with Crippen LogP contribution >= 0.6 is 0 Å². The van der Waals surface area contributed by atoms with E-state index in [2.05, 4.69) is 11.9 Å². The summed E-state index contributed by atoms with van der Waals surface area (Å²) in [4.78, 5) is 13.1. The second-order valence-corrected chi connectivity index (χ2v) is 9.12. The number of hydrogen-bond acceptors (Lipinski definition) is 4. The van der Waals surface area contributed by atoms with Gasteiger partial charge < -0.3 is 14.6 Å². The number of methoxy groups -OCH3 is 1. The van der Waals surface area contributed by atoms with Crippen molar-refractivity contribution < 1.29 is 17.9 Å². The van der Waals surface area contributed by atoms with Crippen molar-refractivity contribution in [1.29, 1.82) is 0 Å². The molecule has 158 valence electrons.